The third-order valence-corrected chi connectivity index (χ3v) is 3.79. The number of nitrogens with zero attached hydrogens (tertiary/aromatic N) is 3. The third-order valence-electron chi connectivity index (χ3n) is 3.79. The number of carbonyl (C=O) groups is 1. The van der Waals surface area contributed by atoms with Crippen molar-refractivity contribution in [3.8, 4) is 23.0 Å². The van der Waals surface area contributed by atoms with Crippen LogP contribution in [0, 0.1) is 11.3 Å². The first-order chi connectivity index (χ1) is 13.3. The Morgan fingerprint density at radius 2 is 1.93 bits per heavy atom. The average molecular weight is 387 g/mol. The second kappa shape index (κ2) is 7.40. The maximum Gasteiger partial charge on any atom is 0.405 e. The van der Waals surface area contributed by atoms with Crippen molar-refractivity contribution in [1.82, 2.24) is 20.1 Å². The van der Waals surface area contributed by atoms with Crippen LogP contribution in [0.3, 0.4) is 0 Å². The van der Waals surface area contributed by atoms with E-state index in [1.807, 2.05) is 6.07 Å². The SMILES string of the molecule is N#Cc1ccc(-c2c[nH]n(-c3ccc(C(=O)NCC(F)(F)F)cn3)c2=O)cc1. The molecule has 2 heterocycles. The Balaban J connectivity index is 1.81. The van der Waals surface area contributed by atoms with Gasteiger partial charge in [0.15, 0.2) is 5.82 Å². The van der Waals surface area contributed by atoms with E-state index in [1.54, 1.807) is 29.6 Å². The van der Waals surface area contributed by atoms with Gasteiger partial charge in [-0.15, -0.1) is 0 Å². The summed E-state index contributed by atoms with van der Waals surface area (Å²) in [6.45, 7) is -1.45. The van der Waals surface area contributed by atoms with Crippen LogP contribution < -0.4 is 10.9 Å². The van der Waals surface area contributed by atoms with Gasteiger partial charge in [0.1, 0.15) is 6.54 Å². The summed E-state index contributed by atoms with van der Waals surface area (Å²) in [5.41, 5.74) is 0.924. The van der Waals surface area contributed by atoms with Crippen molar-refractivity contribution in [2.75, 3.05) is 6.54 Å². The zero-order valence-corrected chi connectivity index (χ0v) is 14.1. The van der Waals surface area contributed by atoms with Gasteiger partial charge in [-0.05, 0) is 29.8 Å². The van der Waals surface area contributed by atoms with Crippen LogP contribution in [0.15, 0.2) is 53.6 Å². The average Bonchev–Trinajstić information content (AvgIpc) is 3.07. The number of aromatic nitrogens is 3. The van der Waals surface area contributed by atoms with E-state index in [4.69, 9.17) is 5.26 Å². The molecule has 0 saturated carbocycles. The molecule has 142 valence electrons. The minimum atomic E-state index is -4.51. The Morgan fingerprint density at radius 3 is 2.50 bits per heavy atom. The van der Waals surface area contributed by atoms with Gasteiger partial charge in [-0.25, -0.2) is 9.67 Å². The topological polar surface area (TPSA) is 104 Å². The summed E-state index contributed by atoms with van der Waals surface area (Å²) in [5, 5.41) is 13.3. The molecule has 7 nitrogen and oxygen atoms in total. The highest BCUT2D eigenvalue weighted by atomic mass is 19.4. The number of pyridine rings is 1. The van der Waals surface area contributed by atoms with Crippen LogP contribution in [-0.4, -0.2) is 33.4 Å². The van der Waals surface area contributed by atoms with Gasteiger partial charge in [-0.2, -0.15) is 18.4 Å². The lowest BCUT2D eigenvalue weighted by Gasteiger charge is -2.08. The highest BCUT2D eigenvalue weighted by Gasteiger charge is 2.28. The number of aromatic amines is 1. The minimum Gasteiger partial charge on any atom is -0.343 e. The van der Waals surface area contributed by atoms with E-state index < -0.39 is 24.2 Å². The number of nitrogens with one attached hydrogen (secondary N) is 2. The molecule has 0 aliphatic heterocycles. The highest BCUT2D eigenvalue weighted by molar-refractivity contribution is 5.93. The summed E-state index contributed by atoms with van der Waals surface area (Å²) in [4.78, 5) is 28.2. The number of hydrogen-bond donors (Lipinski definition) is 2. The van der Waals surface area contributed by atoms with Crippen molar-refractivity contribution in [3.63, 3.8) is 0 Å². The maximum atomic E-state index is 12.6. The molecule has 3 aromatic rings. The Bertz CT molecular complexity index is 1090. The fourth-order valence-electron chi connectivity index (χ4n) is 2.41. The van der Waals surface area contributed by atoms with Crippen molar-refractivity contribution in [1.29, 1.82) is 5.26 Å². The summed E-state index contributed by atoms with van der Waals surface area (Å²) in [6, 6.07) is 11.0. The Hall–Kier alpha value is -3.87. The second-order valence-electron chi connectivity index (χ2n) is 5.72. The number of rotatable bonds is 4. The van der Waals surface area contributed by atoms with Crippen LogP contribution >= 0.6 is 0 Å². The maximum absolute atomic E-state index is 12.6. The monoisotopic (exact) mass is 387 g/mol. The van der Waals surface area contributed by atoms with Crippen molar-refractivity contribution in [2.24, 2.45) is 0 Å². The molecule has 2 aromatic heterocycles. The Kier molecular flexibility index (Phi) is 5.00. The van der Waals surface area contributed by atoms with Gasteiger partial charge in [0.2, 0.25) is 0 Å². The Morgan fingerprint density at radius 1 is 1.21 bits per heavy atom. The van der Waals surface area contributed by atoms with E-state index in [-0.39, 0.29) is 11.4 Å². The molecule has 2 N–H and O–H groups in total. The summed E-state index contributed by atoms with van der Waals surface area (Å²) < 4.78 is 37.6. The van der Waals surface area contributed by atoms with Crippen LogP contribution in [0.1, 0.15) is 15.9 Å². The second-order valence-corrected chi connectivity index (χ2v) is 5.72. The quantitative estimate of drug-likeness (QED) is 0.717. The fraction of sp³-hybridized carbons (Fsp3) is 0.111. The molecule has 0 atom stereocenters. The van der Waals surface area contributed by atoms with Gasteiger partial charge in [0.25, 0.3) is 11.5 Å². The highest BCUT2D eigenvalue weighted by Crippen LogP contribution is 2.16. The first-order valence-electron chi connectivity index (χ1n) is 7.91. The zero-order valence-electron chi connectivity index (χ0n) is 14.1. The number of alkyl halides is 3. The molecule has 0 radical (unpaired) electrons. The number of halogens is 3. The van der Waals surface area contributed by atoms with Crippen LogP contribution in [0.2, 0.25) is 0 Å². The van der Waals surface area contributed by atoms with Crippen molar-refractivity contribution < 1.29 is 18.0 Å². The molecule has 0 unspecified atom stereocenters. The van der Waals surface area contributed by atoms with E-state index in [2.05, 4.69) is 10.1 Å². The number of nitriles is 1. The van der Waals surface area contributed by atoms with Crippen LogP contribution in [-0.2, 0) is 0 Å². The van der Waals surface area contributed by atoms with Gasteiger partial charge >= 0.3 is 6.18 Å². The molecule has 10 heteroatoms. The minimum absolute atomic E-state index is 0.0695. The number of benzene rings is 1. The molecule has 3 rings (SSSR count). The van der Waals surface area contributed by atoms with Gasteiger partial charge in [-0.3, -0.25) is 14.7 Å². The normalized spacial score (nSPS) is 11.1. The molecule has 1 aromatic carbocycles. The molecule has 0 saturated heterocycles. The van der Waals surface area contributed by atoms with E-state index in [0.29, 0.717) is 16.7 Å². The van der Waals surface area contributed by atoms with Crippen LogP contribution in [0.5, 0.6) is 0 Å². The molecule has 0 spiro atoms. The molecular formula is C18H12F3N5O2. The number of amides is 1. The van der Waals surface area contributed by atoms with Crippen LogP contribution in [0.25, 0.3) is 16.9 Å². The van der Waals surface area contributed by atoms with Gasteiger partial charge < -0.3 is 5.32 Å². The molecule has 0 bridgehead atoms. The smallest absolute Gasteiger partial charge is 0.343 e. The van der Waals surface area contributed by atoms with E-state index in [9.17, 15) is 22.8 Å². The summed E-state index contributed by atoms with van der Waals surface area (Å²) in [6.07, 6.45) is -1.96. The van der Waals surface area contributed by atoms with Crippen LogP contribution in [0.4, 0.5) is 13.2 Å². The fourth-order valence-corrected chi connectivity index (χ4v) is 2.41. The first-order valence-corrected chi connectivity index (χ1v) is 7.91. The summed E-state index contributed by atoms with van der Waals surface area (Å²) >= 11 is 0. The number of hydrogen-bond acceptors (Lipinski definition) is 4. The van der Waals surface area contributed by atoms with E-state index >= 15 is 0 Å². The lowest BCUT2D eigenvalue weighted by molar-refractivity contribution is -0.123. The Labute approximate surface area is 156 Å². The van der Waals surface area contributed by atoms with Crippen molar-refractivity contribution in [3.05, 3.63) is 70.3 Å². The van der Waals surface area contributed by atoms with Crippen molar-refractivity contribution >= 4 is 5.91 Å². The summed E-state index contributed by atoms with van der Waals surface area (Å²) in [7, 11) is 0. The lowest BCUT2D eigenvalue weighted by Crippen LogP contribution is -2.33. The number of H-pyrrole nitrogens is 1. The zero-order chi connectivity index (χ0) is 20.3. The number of carbonyl (C=O) groups excluding carboxylic acids is 1. The van der Waals surface area contributed by atoms with E-state index in [1.165, 1.54) is 18.3 Å². The third kappa shape index (κ3) is 4.09. The molecular weight excluding hydrogens is 375 g/mol. The molecule has 28 heavy (non-hydrogen) atoms. The molecule has 0 aliphatic carbocycles. The largest absolute Gasteiger partial charge is 0.405 e. The standard InChI is InChI=1S/C18H12F3N5O2/c19-18(20,21)10-24-16(27)13-5-6-15(23-8-13)26-17(28)14(9-25-26)12-3-1-11(7-22)2-4-12/h1-6,8-9,25H,10H2,(H,24,27). The predicted octanol–water partition coefficient (Wildman–Crippen LogP) is 2.39. The predicted molar refractivity (Wildman–Crippen MR) is 92.7 cm³/mol. The van der Waals surface area contributed by atoms with Crippen molar-refractivity contribution in [2.45, 2.75) is 6.18 Å². The lowest BCUT2D eigenvalue weighted by atomic mass is 10.1. The summed E-state index contributed by atoms with van der Waals surface area (Å²) in [5.74, 6) is -0.759. The molecule has 1 amide bonds. The van der Waals surface area contributed by atoms with Gasteiger partial charge in [0.05, 0.1) is 22.8 Å². The van der Waals surface area contributed by atoms with Gasteiger partial charge in [-0.1, -0.05) is 12.1 Å². The molecule has 0 aliphatic rings. The first kappa shape index (κ1) is 18.9. The molecule has 0 fully saturated rings. The van der Waals surface area contributed by atoms with Gasteiger partial charge in [0, 0.05) is 12.4 Å². The van der Waals surface area contributed by atoms with E-state index in [0.717, 1.165) is 10.9 Å².